The topological polar surface area (TPSA) is 97.5 Å². The van der Waals surface area contributed by atoms with Gasteiger partial charge in [0, 0.05) is 23.5 Å². The van der Waals surface area contributed by atoms with E-state index in [1.54, 1.807) is 18.2 Å². The summed E-state index contributed by atoms with van der Waals surface area (Å²) in [5, 5.41) is 21.8. The summed E-state index contributed by atoms with van der Waals surface area (Å²) in [5.41, 5.74) is -1.38. The molecule has 2 saturated carbocycles. The molecule has 0 radical (unpaired) electrons. The molecule has 6 nitrogen and oxygen atoms in total. The summed E-state index contributed by atoms with van der Waals surface area (Å²) in [6, 6.07) is 6.15. The van der Waals surface area contributed by atoms with Crippen molar-refractivity contribution < 1.29 is 19.6 Å². The summed E-state index contributed by atoms with van der Waals surface area (Å²) < 4.78 is 0. The number of aliphatic hydroxyl groups is 1. The molecule has 2 bridgehead atoms. The van der Waals surface area contributed by atoms with Crippen LogP contribution in [0.15, 0.2) is 24.3 Å². The van der Waals surface area contributed by atoms with E-state index in [4.69, 9.17) is 0 Å². The molecule has 21 heavy (non-hydrogen) atoms. The number of aldehydes is 1. The van der Waals surface area contributed by atoms with Gasteiger partial charge in [0.2, 0.25) is 0 Å². The van der Waals surface area contributed by atoms with E-state index in [2.05, 4.69) is 0 Å². The van der Waals surface area contributed by atoms with Gasteiger partial charge in [-0.2, -0.15) is 0 Å². The highest BCUT2D eigenvalue weighted by molar-refractivity contribution is 5.97. The van der Waals surface area contributed by atoms with Crippen molar-refractivity contribution in [3.8, 4) is 0 Å². The first-order valence-corrected chi connectivity index (χ1v) is 6.96. The first-order valence-electron chi connectivity index (χ1n) is 6.96. The molecule has 2 fully saturated rings. The number of nitrogens with zero attached hydrogens (tertiary/aromatic N) is 1. The number of nitro groups is 1. The molecule has 0 saturated heterocycles. The van der Waals surface area contributed by atoms with Crippen LogP contribution in [0.3, 0.4) is 0 Å². The van der Waals surface area contributed by atoms with Gasteiger partial charge in [-0.15, -0.1) is 0 Å². The first-order chi connectivity index (χ1) is 10.0. The molecule has 0 spiro atoms. The van der Waals surface area contributed by atoms with Crippen molar-refractivity contribution in [3.63, 3.8) is 0 Å². The predicted molar refractivity (Wildman–Crippen MR) is 72.7 cm³/mol. The average molecular weight is 289 g/mol. The largest absolute Gasteiger partial charge is 0.381 e. The third kappa shape index (κ3) is 1.82. The van der Waals surface area contributed by atoms with Crippen molar-refractivity contribution in [1.29, 1.82) is 0 Å². The Balaban J connectivity index is 2.16. The third-order valence-corrected chi connectivity index (χ3v) is 4.85. The number of hydrogen-bond acceptors (Lipinski definition) is 5. The van der Waals surface area contributed by atoms with Crippen LogP contribution in [0.2, 0.25) is 0 Å². The number of rotatable bonds is 3. The molecule has 6 heteroatoms. The second kappa shape index (κ2) is 4.73. The highest BCUT2D eigenvalue weighted by Crippen LogP contribution is 2.55. The lowest BCUT2D eigenvalue weighted by atomic mass is 9.81. The van der Waals surface area contributed by atoms with Crippen molar-refractivity contribution >= 4 is 17.8 Å². The van der Waals surface area contributed by atoms with Crippen molar-refractivity contribution in [3.05, 3.63) is 39.9 Å². The van der Waals surface area contributed by atoms with Crippen molar-refractivity contribution in [2.45, 2.75) is 30.8 Å². The molecule has 0 aromatic heterocycles. The highest BCUT2D eigenvalue weighted by atomic mass is 16.6. The molecule has 2 aliphatic rings. The first kappa shape index (κ1) is 13.9. The molecule has 0 amide bonds. The maximum atomic E-state index is 12.4. The quantitative estimate of drug-likeness (QED) is 0.518. The van der Waals surface area contributed by atoms with Crippen LogP contribution in [0.4, 0.5) is 5.69 Å². The van der Waals surface area contributed by atoms with E-state index in [1.807, 2.05) is 0 Å². The zero-order chi connectivity index (χ0) is 15.2. The molecule has 0 unspecified atom stereocenters. The number of nitro benzene ring substituents is 1. The summed E-state index contributed by atoms with van der Waals surface area (Å²) in [6.45, 7) is 0. The molecule has 2 aliphatic carbocycles. The zero-order valence-electron chi connectivity index (χ0n) is 11.3. The Labute approximate surface area is 120 Å². The lowest BCUT2D eigenvalue weighted by Crippen LogP contribution is -2.44. The van der Waals surface area contributed by atoms with E-state index < -0.39 is 28.3 Å². The molecular weight excluding hydrogens is 274 g/mol. The SMILES string of the molecule is O=C[C@@H]1[C@@H](c2ccccc2[N+](=O)[O-])[C@@H]2CCC[C@@]1(O)C2=O. The van der Waals surface area contributed by atoms with Crippen molar-refractivity contribution in [1.82, 2.24) is 0 Å². The molecule has 0 aliphatic heterocycles. The number of para-hydroxylation sites is 1. The molecule has 1 aromatic rings. The maximum absolute atomic E-state index is 12.4. The summed E-state index contributed by atoms with van der Waals surface area (Å²) in [4.78, 5) is 34.5. The van der Waals surface area contributed by atoms with Crippen LogP contribution >= 0.6 is 0 Å². The number of hydrogen-bond donors (Lipinski definition) is 1. The van der Waals surface area contributed by atoms with Gasteiger partial charge in [-0.1, -0.05) is 18.2 Å². The number of Topliss-reactive ketones (excluding diaryl/α,β-unsaturated/α-hetero) is 1. The Morgan fingerprint density at radius 2 is 2.10 bits per heavy atom. The fraction of sp³-hybridized carbons (Fsp3) is 0.467. The number of carbonyl (C=O) groups excluding carboxylic acids is 2. The zero-order valence-corrected chi connectivity index (χ0v) is 11.3. The van der Waals surface area contributed by atoms with Crippen molar-refractivity contribution in [2.75, 3.05) is 0 Å². The average Bonchev–Trinajstić information content (AvgIpc) is 2.60. The summed E-state index contributed by atoms with van der Waals surface area (Å²) in [6.07, 6.45) is 2.05. The number of carbonyl (C=O) groups is 2. The molecule has 3 rings (SSSR count). The van der Waals surface area contributed by atoms with Gasteiger partial charge in [0.25, 0.3) is 5.69 Å². The van der Waals surface area contributed by atoms with Gasteiger partial charge in [0.15, 0.2) is 5.78 Å². The van der Waals surface area contributed by atoms with Crippen LogP contribution in [0, 0.1) is 22.0 Å². The molecule has 110 valence electrons. The fourth-order valence-corrected chi connectivity index (χ4v) is 3.93. The minimum Gasteiger partial charge on any atom is -0.381 e. The van der Waals surface area contributed by atoms with Crippen LogP contribution in [-0.2, 0) is 9.59 Å². The van der Waals surface area contributed by atoms with Gasteiger partial charge in [-0.25, -0.2) is 0 Å². The molecular formula is C15H15NO5. The molecule has 4 atom stereocenters. The normalized spacial score (nSPS) is 34.7. The summed E-state index contributed by atoms with van der Waals surface area (Å²) in [7, 11) is 0. The lowest BCUT2D eigenvalue weighted by molar-refractivity contribution is -0.385. The van der Waals surface area contributed by atoms with Gasteiger partial charge in [0.1, 0.15) is 11.9 Å². The standard InChI is InChI=1S/C15H15NO5/c17-8-11-13(9-4-1-2-6-12(9)16(20)21)10-5-3-7-15(11,19)14(10)18/h1-2,4,6,8,10-11,13,19H,3,5,7H2/t10-,11+,13-,15-/m0/s1. The Bertz CT molecular complexity index is 628. The van der Waals surface area contributed by atoms with Crippen LogP contribution in [0.25, 0.3) is 0 Å². The van der Waals surface area contributed by atoms with E-state index in [9.17, 15) is 24.8 Å². The van der Waals surface area contributed by atoms with E-state index in [0.717, 1.165) is 0 Å². The van der Waals surface area contributed by atoms with Gasteiger partial charge >= 0.3 is 0 Å². The van der Waals surface area contributed by atoms with Crippen LogP contribution < -0.4 is 0 Å². The number of benzene rings is 1. The van der Waals surface area contributed by atoms with Gasteiger partial charge < -0.3 is 9.90 Å². The smallest absolute Gasteiger partial charge is 0.272 e. The monoisotopic (exact) mass is 289 g/mol. The third-order valence-electron chi connectivity index (χ3n) is 4.85. The van der Waals surface area contributed by atoms with Crippen LogP contribution in [0.5, 0.6) is 0 Å². The lowest BCUT2D eigenvalue weighted by Gasteiger charge is -2.27. The Hall–Kier alpha value is -2.08. The Kier molecular flexibility index (Phi) is 3.13. The molecule has 0 heterocycles. The van der Waals surface area contributed by atoms with Gasteiger partial charge in [0.05, 0.1) is 10.8 Å². The van der Waals surface area contributed by atoms with Crippen LogP contribution in [-0.4, -0.2) is 27.7 Å². The number of fused-ring (bicyclic) bond motifs is 2. The Morgan fingerprint density at radius 1 is 1.38 bits per heavy atom. The maximum Gasteiger partial charge on any atom is 0.272 e. The van der Waals surface area contributed by atoms with Gasteiger partial charge in [-0.05, 0) is 19.3 Å². The van der Waals surface area contributed by atoms with E-state index >= 15 is 0 Å². The summed E-state index contributed by atoms with van der Waals surface area (Å²) in [5.74, 6) is -2.36. The van der Waals surface area contributed by atoms with E-state index in [1.165, 1.54) is 6.07 Å². The predicted octanol–water partition coefficient (Wildman–Crippen LogP) is 1.61. The minimum absolute atomic E-state index is 0.0988. The molecule has 1 aromatic carbocycles. The Morgan fingerprint density at radius 3 is 2.76 bits per heavy atom. The van der Waals surface area contributed by atoms with Crippen LogP contribution in [0.1, 0.15) is 30.7 Å². The van der Waals surface area contributed by atoms with Gasteiger partial charge in [-0.3, -0.25) is 14.9 Å². The molecule has 1 N–H and O–H groups in total. The summed E-state index contributed by atoms with van der Waals surface area (Å²) >= 11 is 0. The van der Waals surface area contributed by atoms with E-state index in [-0.39, 0.29) is 17.9 Å². The second-order valence-corrected chi connectivity index (χ2v) is 5.79. The minimum atomic E-state index is -1.65. The fourth-order valence-electron chi connectivity index (χ4n) is 3.93. The van der Waals surface area contributed by atoms with Crippen molar-refractivity contribution in [2.24, 2.45) is 11.8 Å². The second-order valence-electron chi connectivity index (χ2n) is 5.79. The highest BCUT2D eigenvalue weighted by Gasteiger charge is 2.62. The van der Waals surface area contributed by atoms with E-state index in [0.29, 0.717) is 24.7 Å². The number of ketones is 1.